The number of cyclic esters (lactones) is 1. The van der Waals surface area contributed by atoms with Gasteiger partial charge in [-0.05, 0) is 25.0 Å². The summed E-state index contributed by atoms with van der Waals surface area (Å²) in [6, 6.07) is 7.85. The first-order valence-electron chi connectivity index (χ1n) is 9.65. The van der Waals surface area contributed by atoms with Gasteiger partial charge in [-0.25, -0.2) is 9.78 Å². The summed E-state index contributed by atoms with van der Waals surface area (Å²) in [7, 11) is 0. The molecule has 1 amide bonds. The molecule has 1 aromatic carbocycles. The molecule has 3 aromatic rings. The number of rotatable bonds is 3. The van der Waals surface area contributed by atoms with Gasteiger partial charge in [0.15, 0.2) is 5.82 Å². The van der Waals surface area contributed by atoms with Crippen molar-refractivity contribution in [2.24, 2.45) is 0 Å². The molecular weight excluding hydrogens is 372 g/mol. The van der Waals surface area contributed by atoms with E-state index < -0.39 is 0 Å². The van der Waals surface area contributed by atoms with Crippen molar-refractivity contribution in [3.05, 3.63) is 24.3 Å². The minimum absolute atomic E-state index is 0.114. The number of amides is 1. The van der Waals surface area contributed by atoms with Gasteiger partial charge in [0.05, 0.1) is 23.8 Å². The number of hydrogen-bond donors (Lipinski definition) is 3. The summed E-state index contributed by atoms with van der Waals surface area (Å²) >= 11 is 0. The van der Waals surface area contributed by atoms with Crippen molar-refractivity contribution >= 4 is 34.6 Å². The van der Waals surface area contributed by atoms with E-state index in [0.717, 1.165) is 47.4 Å². The molecule has 2 aliphatic heterocycles. The van der Waals surface area contributed by atoms with Gasteiger partial charge in [-0.2, -0.15) is 10.1 Å². The Labute approximate surface area is 166 Å². The number of anilines is 3. The number of piperidine rings is 1. The minimum Gasteiger partial charge on any atom is -0.448 e. The fourth-order valence-corrected chi connectivity index (χ4v) is 4.12. The number of ether oxygens (including phenoxy) is 1. The van der Waals surface area contributed by atoms with Crippen LogP contribution in [0.1, 0.15) is 12.8 Å². The van der Waals surface area contributed by atoms with E-state index >= 15 is 0 Å². The quantitative estimate of drug-likeness (QED) is 0.609. The molecule has 10 nitrogen and oxygen atoms in total. The lowest BCUT2D eigenvalue weighted by molar-refractivity contribution is 0.144. The van der Waals surface area contributed by atoms with Crippen LogP contribution in [0.2, 0.25) is 0 Å². The molecule has 10 heteroatoms. The van der Waals surface area contributed by atoms with E-state index in [-0.39, 0.29) is 18.1 Å². The van der Waals surface area contributed by atoms with Gasteiger partial charge in [-0.1, -0.05) is 6.07 Å². The highest BCUT2D eigenvalue weighted by molar-refractivity contribution is 5.91. The van der Waals surface area contributed by atoms with Crippen LogP contribution in [0, 0.1) is 0 Å². The molecule has 2 aliphatic rings. The topological polar surface area (TPSA) is 139 Å². The molecule has 29 heavy (non-hydrogen) atoms. The number of H-pyrrole nitrogens is 1. The molecule has 1 atom stereocenters. The second kappa shape index (κ2) is 6.80. The Morgan fingerprint density at radius 2 is 2.07 bits per heavy atom. The van der Waals surface area contributed by atoms with Crippen molar-refractivity contribution in [2.75, 3.05) is 42.6 Å². The van der Waals surface area contributed by atoms with Crippen molar-refractivity contribution in [3.63, 3.8) is 0 Å². The third-order valence-electron chi connectivity index (χ3n) is 5.57. The monoisotopic (exact) mass is 394 g/mol. The Morgan fingerprint density at radius 3 is 2.90 bits per heavy atom. The number of aromatic amines is 1. The van der Waals surface area contributed by atoms with Gasteiger partial charge in [0.2, 0.25) is 5.95 Å². The predicted molar refractivity (Wildman–Crippen MR) is 109 cm³/mol. The van der Waals surface area contributed by atoms with Gasteiger partial charge in [-0.3, -0.25) is 5.10 Å². The number of nitrogen functional groups attached to an aromatic ring is 2. The standard InChI is InChI=1S/C19H22N8O2/c20-17-13-4-3-11(8-15(13)24-25-17)14-9-16(23-18(21)22-14)26-5-1-2-12(10-26)27-6-7-29-19(27)28/h3-4,8-9,12H,1-2,5-7,10H2,(H3,20,24,25)(H2,21,22,23). The molecule has 1 unspecified atom stereocenters. The van der Waals surface area contributed by atoms with Gasteiger partial charge in [0.25, 0.3) is 0 Å². The Kier molecular flexibility index (Phi) is 4.11. The average molecular weight is 394 g/mol. The van der Waals surface area contributed by atoms with E-state index in [1.54, 1.807) is 0 Å². The van der Waals surface area contributed by atoms with Crippen LogP contribution in [0.4, 0.5) is 22.4 Å². The molecule has 2 aromatic heterocycles. The molecule has 2 saturated heterocycles. The number of benzene rings is 1. The van der Waals surface area contributed by atoms with Crippen LogP contribution in [-0.4, -0.2) is 63.4 Å². The maximum absolute atomic E-state index is 11.9. The molecule has 0 spiro atoms. The molecule has 0 saturated carbocycles. The SMILES string of the molecule is Nc1nc(-c2ccc3c(N)n[nH]c3c2)cc(N2CCCC(N3CCOC3=O)C2)n1. The first-order valence-corrected chi connectivity index (χ1v) is 9.65. The molecular formula is C19H22N8O2. The number of hydrogen-bond acceptors (Lipinski definition) is 8. The lowest BCUT2D eigenvalue weighted by atomic mass is 10.0. The van der Waals surface area contributed by atoms with Gasteiger partial charge >= 0.3 is 6.09 Å². The minimum atomic E-state index is -0.230. The molecule has 4 heterocycles. The van der Waals surface area contributed by atoms with Gasteiger partial charge < -0.3 is 26.0 Å². The smallest absolute Gasteiger partial charge is 0.410 e. The fraction of sp³-hybridized carbons (Fsp3) is 0.368. The van der Waals surface area contributed by atoms with Gasteiger partial charge in [-0.15, -0.1) is 0 Å². The summed E-state index contributed by atoms with van der Waals surface area (Å²) in [5, 5.41) is 7.83. The van der Waals surface area contributed by atoms with Crippen LogP contribution < -0.4 is 16.4 Å². The largest absolute Gasteiger partial charge is 0.448 e. The molecule has 0 aliphatic carbocycles. The molecule has 0 radical (unpaired) electrons. The number of fused-ring (bicyclic) bond motifs is 1. The van der Waals surface area contributed by atoms with E-state index in [9.17, 15) is 4.79 Å². The van der Waals surface area contributed by atoms with E-state index in [1.807, 2.05) is 29.2 Å². The molecule has 2 fully saturated rings. The third kappa shape index (κ3) is 3.16. The summed E-state index contributed by atoms with van der Waals surface area (Å²) in [5.41, 5.74) is 14.3. The molecule has 5 N–H and O–H groups in total. The van der Waals surface area contributed by atoms with Crippen LogP contribution in [-0.2, 0) is 4.74 Å². The first kappa shape index (κ1) is 17.5. The van der Waals surface area contributed by atoms with E-state index in [0.29, 0.717) is 25.5 Å². The summed E-state index contributed by atoms with van der Waals surface area (Å²) < 4.78 is 5.10. The zero-order valence-corrected chi connectivity index (χ0v) is 15.8. The second-order valence-corrected chi connectivity index (χ2v) is 7.39. The van der Waals surface area contributed by atoms with Crippen LogP contribution in [0.3, 0.4) is 0 Å². The predicted octanol–water partition coefficient (Wildman–Crippen LogP) is 1.61. The number of nitrogens with zero attached hydrogens (tertiary/aromatic N) is 5. The first-order chi connectivity index (χ1) is 14.1. The summed E-state index contributed by atoms with van der Waals surface area (Å²) in [5.74, 6) is 1.44. The Hall–Kier alpha value is -3.56. The van der Waals surface area contributed by atoms with Crippen LogP contribution in [0.15, 0.2) is 24.3 Å². The third-order valence-corrected chi connectivity index (χ3v) is 5.57. The molecule has 0 bridgehead atoms. The average Bonchev–Trinajstić information content (AvgIpc) is 3.33. The van der Waals surface area contributed by atoms with Crippen LogP contribution in [0.5, 0.6) is 0 Å². The number of nitrogens with two attached hydrogens (primary N) is 2. The second-order valence-electron chi connectivity index (χ2n) is 7.39. The zero-order chi connectivity index (χ0) is 20.0. The highest BCUT2D eigenvalue weighted by Gasteiger charge is 2.33. The Bertz CT molecular complexity index is 1080. The molecule has 5 rings (SSSR count). The number of nitrogens with one attached hydrogen (secondary N) is 1. The van der Waals surface area contributed by atoms with E-state index in [2.05, 4.69) is 25.1 Å². The number of carbonyl (C=O) groups is 1. The maximum Gasteiger partial charge on any atom is 0.410 e. The van der Waals surface area contributed by atoms with Gasteiger partial charge in [0, 0.05) is 30.1 Å². The van der Waals surface area contributed by atoms with Crippen molar-refractivity contribution < 1.29 is 9.53 Å². The van der Waals surface area contributed by atoms with Crippen molar-refractivity contribution in [1.29, 1.82) is 0 Å². The highest BCUT2D eigenvalue weighted by atomic mass is 16.6. The lowest BCUT2D eigenvalue weighted by Crippen LogP contribution is -2.48. The van der Waals surface area contributed by atoms with Crippen molar-refractivity contribution in [3.8, 4) is 11.3 Å². The van der Waals surface area contributed by atoms with E-state index in [4.69, 9.17) is 16.2 Å². The maximum atomic E-state index is 11.9. The van der Waals surface area contributed by atoms with Crippen LogP contribution >= 0.6 is 0 Å². The van der Waals surface area contributed by atoms with Crippen molar-refractivity contribution in [1.82, 2.24) is 25.1 Å². The Balaban J connectivity index is 1.44. The number of carbonyl (C=O) groups excluding carboxylic acids is 1. The lowest BCUT2D eigenvalue weighted by Gasteiger charge is -2.37. The summed E-state index contributed by atoms with van der Waals surface area (Å²) in [6.07, 6.45) is 1.69. The number of aromatic nitrogens is 4. The zero-order valence-electron chi connectivity index (χ0n) is 15.8. The Morgan fingerprint density at radius 1 is 1.17 bits per heavy atom. The summed E-state index contributed by atoms with van der Waals surface area (Å²) in [6.45, 7) is 2.65. The van der Waals surface area contributed by atoms with Crippen LogP contribution in [0.25, 0.3) is 22.2 Å². The van der Waals surface area contributed by atoms with Gasteiger partial charge in [0.1, 0.15) is 12.4 Å². The highest BCUT2D eigenvalue weighted by Crippen LogP contribution is 2.29. The summed E-state index contributed by atoms with van der Waals surface area (Å²) in [4.78, 5) is 24.8. The normalized spacial score (nSPS) is 19.7. The van der Waals surface area contributed by atoms with Crippen molar-refractivity contribution in [2.45, 2.75) is 18.9 Å². The van der Waals surface area contributed by atoms with E-state index in [1.165, 1.54) is 0 Å². The fourth-order valence-electron chi connectivity index (χ4n) is 4.12. The molecule has 150 valence electrons.